The van der Waals surface area contributed by atoms with Gasteiger partial charge in [-0.15, -0.1) is 0 Å². The standard InChI is InChI=1S/C28H27N3O2/c1-2-24(32)19-7-6-8-20(17-19)26-23-15-16-30-28(29)25(23)27(31-26)18-11-13-22(14-12-18)33-21-9-4-3-5-10-21/h2-5,9-16,19-20,26H,1,6-8,17H2,(H2,29,30)/t19?,20-,26?/m1/s1. The number of carbonyl (C=O) groups is 1. The number of anilines is 1. The number of hydrogen-bond donors (Lipinski definition) is 1. The molecule has 3 atom stereocenters. The van der Waals surface area contributed by atoms with E-state index in [4.69, 9.17) is 15.5 Å². The van der Waals surface area contributed by atoms with E-state index in [-0.39, 0.29) is 17.7 Å². The summed E-state index contributed by atoms with van der Waals surface area (Å²) in [7, 11) is 0. The molecular formula is C28H27N3O2. The Morgan fingerprint density at radius 3 is 2.55 bits per heavy atom. The van der Waals surface area contributed by atoms with E-state index in [1.54, 1.807) is 6.20 Å². The highest BCUT2D eigenvalue weighted by Gasteiger charge is 2.37. The number of nitrogens with zero attached hydrogens (tertiary/aromatic N) is 2. The van der Waals surface area contributed by atoms with Gasteiger partial charge in [0.2, 0.25) is 0 Å². The molecule has 0 bridgehead atoms. The molecule has 0 saturated heterocycles. The summed E-state index contributed by atoms with van der Waals surface area (Å²) < 4.78 is 5.93. The van der Waals surface area contributed by atoms with Gasteiger partial charge in [0, 0.05) is 23.2 Å². The van der Waals surface area contributed by atoms with Crippen molar-refractivity contribution < 1.29 is 9.53 Å². The van der Waals surface area contributed by atoms with Crippen molar-refractivity contribution in [3.05, 3.63) is 96.2 Å². The maximum absolute atomic E-state index is 12.3. The van der Waals surface area contributed by atoms with Crippen molar-refractivity contribution in [2.45, 2.75) is 31.7 Å². The number of fused-ring (bicyclic) bond motifs is 1. The molecule has 2 heterocycles. The Morgan fingerprint density at radius 1 is 1.03 bits per heavy atom. The van der Waals surface area contributed by atoms with Crippen LogP contribution in [0.25, 0.3) is 0 Å². The van der Waals surface area contributed by atoms with Crippen LogP contribution in [0.5, 0.6) is 11.5 Å². The van der Waals surface area contributed by atoms with Gasteiger partial charge >= 0.3 is 0 Å². The van der Waals surface area contributed by atoms with Gasteiger partial charge in [0.1, 0.15) is 17.3 Å². The molecule has 0 amide bonds. The third-order valence-electron chi connectivity index (χ3n) is 6.71. The summed E-state index contributed by atoms with van der Waals surface area (Å²) in [6.45, 7) is 3.68. The van der Waals surface area contributed by atoms with E-state index < -0.39 is 0 Å². The number of para-hydroxylation sites is 1. The number of allylic oxidation sites excluding steroid dienone is 1. The maximum Gasteiger partial charge on any atom is 0.158 e. The van der Waals surface area contributed by atoms with Crippen LogP contribution < -0.4 is 10.5 Å². The van der Waals surface area contributed by atoms with Crippen molar-refractivity contribution in [3.8, 4) is 11.5 Å². The van der Waals surface area contributed by atoms with Crippen LogP contribution in [0, 0.1) is 11.8 Å². The van der Waals surface area contributed by atoms with Crippen LogP contribution in [0.4, 0.5) is 5.82 Å². The highest BCUT2D eigenvalue weighted by atomic mass is 16.5. The second kappa shape index (κ2) is 9.02. The van der Waals surface area contributed by atoms with E-state index in [9.17, 15) is 4.79 Å². The van der Waals surface area contributed by atoms with E-state index in [0.29, 0.717) is 11.7 Å². The summed E-state index contributed by atoms with van der Waals surface area (Å²) >= 11 is 0. The molecule has 5 rings (SSSR count). The fraction of sp³-hybridized carbons (Fsp3) is 0.250. The molecule has 2 N–H and O–H groups in total. The number of pyridine rings is 1. The lowest BCUT2D eigenvalue weighted by Gasteiger charge is -2.31. The van der Waals surface area contributed by atoms with Gasteiger partial charge in [0.25, 0.3) is 0 Å². The number of nitrogen functional groups attached to an aromatic ring is 1. The third-order valence-corrected chi connectivity index (χ3v) is 6.71. The molecular weight excluding hydrogens is 410 g/mol. The second-order valence-corrected chi connectivity index (χ2v) is 8.75. The highest BCUT2D eigenvalue weighted by molar-refractivity contribution is 6.18. The fourth-order valence-corrected chi connectivity index (χ4v) is 5.09. The topological polar surface area (TPSA) is 77.6 Å². The molecule has 3 aromatic rings. The van der Waals surface area contributed by atoms with E-state index in [0.717, 1.165) is 59.6 Å². The number of aliphatic imine (C=N–C) groups is 1. The summed E-state index contributed by atoms with van der Waals surface area (Å²) in [5.74, 6) is 2.53. The lowest BCUT2D eigenvalue weighted by atomic mass is 9.75. The molecule has 0 radical (unpaired) electrons. The number of hydrogen-bond acceptors (Lipinski definition) is 5. The summed E-state index contributed by atoms with van der Waals surface area (Å²) in [4.78, 5) is 21.8. The van der Waals surface area contributed by atoms with Crippen molar-refractivity contribution in [1.29, 1.82) is 0 Å². The molecule has 2 aliphatic rings. The average molecular weight is 438 g/mol. The molecule has 1 aromatic heterocycles. The van der Waals surface area contributed by atoms with Gasteiger partial charge in [-0.1, -0.05) is 31.2 Å². The van der Waals surface area contributed by atoms with E-state index in [1.165, 1.54) is 6.08 Å². The molecule has 5 nitrogen and oxygen atoms in total. The minimum absolute atomic E-state index is 0.0130. The quantitative estimate of drug-likeness (QED) is 0.486. The highest BCUT2D eigenvalue weighted by Crippen LogP contribution is 2.45. The fourth-order valence-electron chi connectivity index (χ4n) is 5.09. The van der Waals surface area contributed by atoms with Crippen molar-refractivity contribution in [2.75, 3.05) is 5.73 Å². The zero-order valence-corrected chi connectivity index (χ0v) is 18.5. The van der Waals surface area contributed by atoms with Gasteiger partial charge in [0.05, 0.1) is 11.8 Å². The van der Waals surface area contributed by atoms with E-state index >= 15 is 0 Å². The smallest absolute Gasteiger partial charge is 0.158 e. The zero-order chi connectivity index (χ0) is 22.8. The second-order valence-electron chi connectivity index (χ2n) is 8.75. The molecule has 166 valence electrons. The Morgan fingerprint density at radius 2 is 1.79 bits per heavy atom. The largest absolute Gasteiger partial charge is 0.457 e. The van der Waals surface area contributed by atoms with Crippen LogP contribution in [0.1, 0.15) is 48.4 Å². The Bertz CT molecular complexity index is 1200. The van der Waals surface area contributed by atoms with Crippen LogP contribution in [-0.4, -0.2) is 16.5 Å². The van der Waals surface area contributed by atoms with Crippen molar-refractivity contribution in [3.63, 3.8) is 0 Å². The summed E-state index contributed by atoms with van der Waals surface area (Å²) in [6.07, 6.45) is 7.05. The normalized spacial score (nSPS) is 21.7. The number of ether oxygens (including phenoxy) is 1. The predicted molar refractivity (Wildman–Crippen MR) is 131 cm³/mol. The lowest BCUT2D eigenvalue weighted by molar-refractivity contribution is -0.119. The minimum Gasteiger partial charge on any atom is -0.457 e. The van der Waals surface area contributed by atoms with Gasteiger partial charge in [-0.05, 0) is 79.3 Å². The number of aromatic nitrogens is 1. The van der Waals surface area contributed by atoms with Crippen LogP contribution in [0.15, 0.2) is 84.5 Å². The molecule has 33 heavy (non-hydrogen) atoms. The maximum atomic E-state index is 12.3. The molecule has 0 spiro atoms. The number of nitrogens with two attached hydrogens (primary N) is 1. The Balaban J connectivity index is 1.45. The molecule has 1 aliphatic carbocycles. The van der Waals surface area contributed by atoms with E-state index in [1.807, 2.05) is 60.7 Å². The van der Waals surface area contributed by atoms with Crippen LogP contribution in [-0.2, 0) is 4.79 Å². The lowest BCUT2D eigenvalue weighted by Crippen LogP contribution is -2.24. The van der Waals surface area contributed by atoms with Crippen molar-refractivity contribution >= 4 is 17.3 Å². The van der Waals surface area contributed by atoms with E-state index in [2.05, 4.69) is 11.6 Å². The first-order valence-corrected chi connectivity index (χ1v) is 11.5. The third kappa shape index (κ3) is 4.19. The average Bonchev–Trinajstić information content (AvgIpc) is 3.26. The predicted octanol–water partition coefficient (Wildman–Crippen LogP) is 5.91. The molecule has 5 heteroatoms. The summed E-state index contributed by atoms with van der Waals surface area (Å²) in [5.41, 5.74) is 10.2. The van der Waals surface area contributed by atoms with Crippen molar-refractivity contribution in [1.82, 2.24) is 4.98 Å². The monoisotopic (exact) mass is 437 g/mol. The Kier molecular flexibility index (Phi) is 5.78. The molecule has 1 saturated carbocycles. The van der Waals surface area contributed by atoms with Gasteiger partial charge in [0.15, 0.2) is 5.78 Å². The van der Waals surface area contributed by atoms with Gasteiger partial charge in [-0.25, -0.2) is 4.98 Å². The summed E-state index contributed by atoms with van der Waals surface area (Å²) in [6, 6.07) is 19.6. The Labute approximate surface area is 194 Å². The minimum atomic E-state index is -0.0130. The van der Waals surface area contributed by atoms with Crippen molar-refractivity contribution in [2.24, 2.45) is 16.8 Å². The molecule has 1 fully saturated rings. The first kappa shape index (κ1) is 21.1. The van der Waals surface area contributed by atoms with Crippen LogP contribution in [0.3, 0.4) is 0 Å². The number of rotatable bonds is 6. The van der Waals surface area contributed by atoms with Gasteiger partial charge < -0.3 is 10.5 Å². The number of benzene rings is 2. The van der Waals surface area contributed by atoms with Crippen LogP contribution >= 0.6 is 0 Å². The SMILES string of the molecule is C=CC(=O)C1CCC[C@@H](C2N=C(c3ccc(Oc4ccccc4)cc3)c3c2ccnc3N)C1. The van der Waals surface area contributed by atoms with Gasteiger partial charge in [-0.2, -0.15) is 0 Å². The van der Waals surface area contributed by atoms with Crippen LogP contribution in [0.2, 0.25) is 0 Å². The number of carbonyl (C=O) groups excluding carboxylic acids is 1. The molecule has 2 unspecified atom stereocenters. The Hall–Kier alpha value is -3.73. The molecule has 2 aromatic carbocycles. The zero-order valence-electron chi connectivity index (χ0n) is 18.5. The molecule has 1 aliphatic heterocycles. The first-order chi connectivity index (χ1) is 16.1. The summed E-state index contributed by atoms with van der Waals surface area (Å²) in [5, 5.41) is 0. The first-order valence-electron chi connectivity index (χ1n) is 11.5. The number of ketones is 1. The van der Waals surface area contributed by atoms with Gasteiger partial charge in [-0.3, -0.25) is 9.79 Å².